The Hall–Kier alpha value is -2.24. The Bertz CT molecular complexity index is 771. The van der Waals surface area contributed by atoms with Crippen LogP contribution in [0.2, 0.25) is 0 Å². The number of aromatic nitrogens is 1. The molecule has 5 nitrogen and oxygen atoms in total. The fourth-order valence-corrected chi connectivity index (χ4v) is 4.62. The first-order chi connectivity index (χ1) is 15.3. The molecule has 3 aliphatic rings. The molecule has 1 aliphatic heterocycles. The van der Waals surface area contributed by atoms with E-state index in [9.17, 15) is 4.79 Å². The van der Waals surface area contributed by atoms with Crippen LogP contribution in [0.25, 0.3) is 0 Å². The molecule has 0 amide bonds. The molecule has 1 saturated heterocycles. The van der Waals surface area contributed by atoms with Crippen molar-refractivity contribution in [1.82, 2.24) is 10.3 Å². The SMILES string of the molecule is C1CCC(NC2CCCCC2)CC1.O=C(Oc1ccccc1)C1OC1c1cccnc1. The van der Waals surface area contributed by atoms with E-state index < -0.39 is 6.10 Å². The van der Waals surface area contributed by atoms with Crippen LogP contribution in [0, 0.1) is 0 Å². The van der Waals surface area contributed by atoms with Gasteiger partial charge in [-0.15, -0.1) is 0 Å². The lowest BCUT2D eigenvalue weighted by Crippen LogP contribution is -2.40. The van der Waals surface area contributed by atoms with E-state index in [4.69, 9.17) is 9.47 Å². The van der Waals surface area contributed by atoms with Crippen molar-refractivity contribution in [2.75, 3.05) is 0 Å². The van der Waals surface area contributed by atoms with Gasteiger partial charge in [0.15, 0.2) is 6.10 Å². The number of carbonyl (C=O) groups is 1. The highest BCUT2D eigenvalue weighted by Gasteiger charge is 2.47. The normalized spacial score (nSPS) is 24.0. The fraction of sp³-hybridized carbons (Fsp3) is 0.538. The Morgan fingerprint density at radius 2 is 1.52 bits per heavy atom. The topological polar surface area (TPSA) is 63.8 Å². The summed E-state index contributed by atoms with van der Waals surface area (Å²) >= 11 is 0. The molecule has 2 unspecified atom stereocenters. The maximum Gasteiger partial charge on any atom is 0.343 e. The van der Waals surface area contributed by atoms with E-state index in [1.54, 1.807) is 24.5 Å². The van der Waals surface area contributed by atoms with Crippen LogP contribution < -0.4 is 10.1 Å². The zero-order valence-electron chi connectivity index (χ0n) is 18.2. The molecule has 2 aromatic rings. The zero-order valence-corrected chi connectivity index (χ0v) is 18.2. The van der Waals surface area contributed by atoms with Gasteiger partial charge in [-0.3, -0.25) is 4.98 Å². The number of carbonyl (C=O) groups excluding carboxylic acids is 1. The number of nitrogens with one attached hydrogen (secondary N) is 1. The van der Waals surface area contributed by atoms with Crippen molar-refractivity contribution in [2.24, 2.45) is 0 Å². The number of benzene rings is 1. The van der Waals surface area contributed by atoms with E-state index in [0.717, 1.165) is 17.6 Å². The molecular weight excluding hydrogens is 388 g/mol. The van der Waals surface area contributed by atoms with Crippen LogP contribution in [0.15, 0.2) is 54.9 Å². The van der Waals surface area contributed by atoms with E-state index in [1.807, 2.05) is 30.3 Å². The summed E-state index contributed by atoms with van der Waals surface area (Å²) in [4.78, 5) is 15.8. The number of hydrogen-bond acceptors (Lipinski definition) is 5. The largest absolute Gasteiger partial charge is 0.425 e. The smallest absolute Gasteiger partial charge is 0.343 e. The fourth-order valence-electron chi connectivity index (χ4n) is 4.62. The average Bonchev–Trinajstić information content (AvgIpc) is 3.64. The van der Waals surface area contributed by atoms with Gasteiger partial charge >= 0.3 is 5.97 Å². The Morgan fingerprint density at radius 1 is 0.871 bits per heavy atom. The number of nitrogens with zero attached hydrogens (tertiary/aromatic N) is 1. The van der Waals surface area contributed by atoms with Gasteiger partial charge in [0.25, 0.3) is 0 Å². The van der Waals surface area contributed by atoms with E-state index in [0.29, 0.717) is 5.75 Å². The van der Waals surface area contributed by atoms with Gasteiger partial charge < -0.3 is 14.8 Å². The molecule has 2 saturated carbocycles. The highest BCUT2D eigenvalue weighted by molar-refractivity contribution is 5.80. The Morgan fingerprint density at radius 3 is 2.10 bits per heavy atom. The first-order valence-electron chi connectivity index (χ1n) is 11.9. The summed E-state index contributed by atoms with van der Waals surface area (Å²) in [6.45, 7) is 0. The number of ether oxygens (including phenoxy) is 2. The first-order valence-corrected chi connectivity index (χ1v) is 11.9. The molecule has 2 heterocycles. The van der Waals surface area contributed by atoms with E-state index in [1.165, 1.54) is 64.2 Å². The van der Waals surface area contributed by atoms with Gasteiger partial charge in [0.05, 0.1) is 0 Å². The molecule has 0 spiro atoms. The molecule has 3 fully saturated rings. The van der Waals surface area contributed by atoms with Crippen molar-refractivity contribution in [1.29, 1.82) is 0 Å². The van der Waals surface area contributed by atoms with Crippen LogP contribution in [-0.4, -0.2) is 29.1 Å². The van der Waals surface area contributed by atoms with Crippen molar-refractivity contribution in [3.8, 4) is 5.75 Å². The third-order valence-corrected chi connectivity index (χ3v) is 6.38. The molecule has 166 valence electrons. The third-order valence-electron chi connectivity index (χ3n) is 6.38. The maximum atomic E-state index is 11.8. The highest BCUT2D eigenvalue weighted by Crippen LogP contribution is 2.39. The Kier molecular flexibility index (Phi) is 8.08. The second-order valence-electron chi connectivity index (χ2n) is 8.83. The van der Waals surface area contributed by atoms with Crippen molar-refractivity contribution in [2.45, 2.75) is 88.5 Å². The summed E-state index contributed by atoms with van der Waals surface area (Å²) in [6.07, 6.45) is 17.2. The second-order valence-corrected chi connectivity index (χ2v) is 8.83. The first kappa shape index (κ1) is 22.0. The number of hydrogen-bond donors (Lipinski definition) is 1. The standard InChI is InChI=1S/C14H11NO3.C12H23N/c16-14(17-11-6-2-1-3-7-11)13-12(18-13)10-5-4-8-15-9-10;1-3-7-11(8-4-1)13-12-9-5-2-6-10-12/h1-9,12-13H;11-13H,1-10H2. The number of para-hydroxylation sites is 1. The molecule has 5 rings (SSSR count). The highest BCUT2D eigenvalue weighted by atomic mass is 16.6. The number of rotatable bonds is 5. The molecule has 1 aromatic heterocycles. The monoisotopic (exact) mass is 422 g/mol. The summed E-state index contributed by atoms with van der Waals surface area (Å²) in [5, 5.41) is 3.86. The molecule has 2 atom stereocenters. The molecule has 1 aromatic carbocycles. The van der Waals surface area contributed by atoms with Crippen LogP contribution >= 0.6 is 0 Å². The summed E-state index contributed by atoms with van der Waals surface area (Å²) in [5.41, 5.74) is 0.896. The van der Waals surface area contributed by atoms with Gasteiger partial charge in [-0.25, -0.2) is 4.79 Å². The van der Waals surface area contributed by atoms with Gasteiger partial charge in [-0.2, -0.15) is 0 Å². The average molecular weight is 423 g/mol. The van der Waals surface area contributed by atoms with Crippen molar-refractivity contribution < 1.29 is 14.3 Å². The van der Waals surface area contributed by atoms with Gasteiger partial charge in [-0.1, -0.05) is 62.8 Å². The number of epoxide rings is 1. The molecule has 5 heteroatoms. The molecule has 0 radical (unpaired) electrons. The Labute approximate surface area is 185 Å². The maximum absolute atomic E-state index is 11.8. The lowest BCUT2D eigenvalue weighted by Gasteiger charge is -2.30. The lowest BCUT2D eigenvalue weighted by atomic mass is 9.91. The van der Waals surface area contributed by atoms with E-state index >= 15 is 0 Å². The predicted molar refractivity (Wildman–Crippen MR) is 121 cm³/mol. The summed E-state index contributed by atoms with van der Waals surface area (Å²) < 4.78 is 10.5. The van der Waals surface area contributed by atoms with Crippen molar-refractivity contribution >= 4 is 5.97 Å². The van der Waals surface area contributed by atoms with Crippen molar-refractivity contribution in [3.05, 3.63) is 60.4 Å². The second kappa shape index (κ2) is 11.4. The minimum absolute atomic E-state index is 0.227. The predicted octanol–water partition coefficient (Wildman–Crippen LogP) is 5.37. The zero-order chi connectivity index (χ0) is 21.3. The minimum atomic E-state index is -0.519. The van der Waals surface area contributed by atoms with E-state index in [-0.39, 0.29) is 12.1 Å². The third kappa shape index (κ3) is 6.88. The molecule has 31 heavy (non-hydrogen) atoms. The Balaban J connectivity index is 0.000000158. The molecule has 0 bridgehead atoms. The quantitative estimate of drug-likeness (QED) is 0.399. The molecule has 2 aliphatic carbocycles. The van der Waals surface area contributed by atoms with Gasteiger partial charge in [0.1, 0.15) is 11.9 Å². The van der Waals surface area contributed by atoms with Gasteiger partial charge in [0.2, 0.25) is 0 Å². The van der Waals surface area contributed by atoms with Crippen LogP contribution in [-0.2, 0) is 9.53 Å². The van der Waals surface area contributed by atoms with Crippen LogP contribution in [0.3, 0.4) is 0 Å². The van der Waals surface area contributed by atoms with Crippen LogP contribution in [0.5, 0.6) is 5.75 Å². The lowest BCUT2D eigenvalue weighted by molar-refractivity contribution is -0.135. The van der Waals surface area contributed by atoms with E-state index in [2.05, 4.69) is 10.3 Å². The van der Waals surface area contributed by atoms with Crippen LogP contribution in [0.1, 0.15) is 75.9 Å². The summed E-state index contributed by atoms with van der Waals surface area (Å²) in [5.74, 6) is 0.165. The van der Waals surface area contributed by atoms with Crippen molar-refractivity contribution in [3.63, 3.8) is 0 Å². The van der Waals surface area contributed by atoms with Crippen LogP contribution in [0.4, 0.5) is 0 Å². The minimum Gasteiger partial charge on any atom is -0.425 e. The van der Waals surface area contributed by atoms with Gasteiger partial charge in [0, 0.05) is 30.0 Å². The van der Waals surface area contributed by atoms with Gasteiger partial charge in [-0.05, 0) is 43.9 Å². The number of pyridine rings is 1. The number of esters is 1. The summed E-state index contributed by atoms with van der Waals surface area (Å²) in [7, 11) is 0. The summed E-state index contributed by atoms with van der Waals surface area (Å²) in [6, 6.07) is 14.4. The molecule has 1 N–H and O–H groups in total. The molecular formula is C26H34N2O3.